The van der Waals surface area contributed by atoms with E-state index in [1.54, 1.807) is 0 Å². The number of aliphatic hydroxyl groups is 1. The Morgan fingerprint density at radius 2 is 2.05 bits per heavy atom. The van der Waals surface area contributed by atoms with E-state index in [1.807, 2.05) is 16.9 Å². The van der Waals surface area contributed by atoms with Crippen LogP contribution in [-0.2, 0) is 13.1 Å². The van der Waals surface area contributed by atoms with Crippen LogP contribution in [0.2, 0.25) is 0 Å². The first kappa shape index (κ1) is 14.3. The summed E-state index contributed by atoms with van der Waals surface area (Å²) in [6.45, 7) is 1.93. The van der Waals surface area contributed by atoms with E-state index in [0.717, 1.165) is 19.5 Å². The van der Waals surface area contributed by atoms with Gasteiger partial charge in [-0.3, -0.25) is 4.68 Å². The number of benzene rings is 1. The summed E-state index contributed by atoms with van der Waals surface area (Å²) in [6, 6.07) is 10.8. The normalized spacial score (nSPS) is 21.8. The van der Waals surface area contributed by atoms with Crippen LogP contribution in [0.5, 0.6) is 0 Å². The van der Waals surface area contributed by atoms with Crippen molar-refractivity contribution in [2.45, 2.75) is 38.4 Å². The van der Waals surface area contributed by atoms with Crippen LogP contribution in [0, 0.1) is 5.92 Å². The molecule has 4 nitrogen and oxygen atoms in total. The number of nitrogens with one attached hydrogen (secondary N) is 1. The molecule has 1 aliphatic rings. The van der Waals surface area contributed by atoms with Gasteiger partial charge in [0.2, 0.25) is 0 Å². The van der Waals surface area contributed by atoms with Gasteiger partial charge in [-0.25, -0.2) is 0 Å². The summed E-state index contributed by atoms with van der Waals surface area (Å²) in [4.78, 5) is 0. The van der Waals surface area contributed by atoms with Gasteiger partial charge >= 0.3 is 0 Å². The Morgan fingerprint density at radius 3 is 2.86 bits per heavy atom. The standard InChI is InChI=1S/C17H23N3O/c21-13-16-7-4-8-17(16)18-9-15-10-19-20(12-15)11-14-5-2-1-3-6-14/h1-3,5-6,10,12,16-18,21H,4,7-9,11,13H2. The summed E-state index contributed by atoms with van der Waals surface area (Å²) in [5, 5.41) is 17.3. The number of nitrogens with zero attached hydrogens (tertiary/aromatic N) is 2. The predicted octanol–water partition coefficient (Wildman–Crippen LogP) is 2.18. The molecule has 112 valence electrons. The molecule has 0 radical (unpaired) electrons. The maximum absolute atomic E-state index is 9.35. The lowest BCUT2D eigenvalue weighted by Crippen LogP contribution is -2.33. The first-order valence-electron chi connectivity index (χ1n) is 7.74. The van der Waals surface area contributed by atoms with Crippen LogP contribution in [0.4, 0.5) is 0 Å². The molecule has 0 bridgehead atoms. The molecule has 3 rings (SSSR count). The number of aromatic nitrogens is 2. The van der Waals surface area contributed by atoms with E-state index in [1.165, 1.54) is 24.0 Å². The summed E-state index contributed by atoms with van der Waals surface area (Å²) in [5.41, 5.74) is 2.46. The van der Waals surface area contributed by atoms with E-state index < -0.39 is 0 Å². The van der Waals surface area contributed by atoms with Gasteiger partial charge in [0.1, 0.15) is 0 Å². The van der Waals surface area contributed by atoms with Gasteiger partial charge in [-0.05, 0) is 24.3 Å². The van der Waals surface area contributed by atoms with Crippen molar-refractivity contribution in [3.05, 3.63) is 53.9 Å². The summed E-state index contributed by atoms with van der Waals surface area (Å²) in [7, 11) is 0. The van der Waals surface area contributed by atoms with Crippen molar-refractivity contribution >= 4 is 0 Å². The molecule has 1 heterocycles. The molecule has 0 aliphatic heterocycles. The van der Waals surface area contributed by atoms with E-state index in [2.05, 4.69) is 40.9 Å². The van der Waals surface area contributed by atoms with E-state index in [-0.39, 0.29) is 0 Å². The summed E-state index contributed by atoms with van der Waals surface area (Å²) >= 11 is 0. The second-order valence-electron chi connectivity index (χ2n) is 5.89. The number of rotatable bonds is 6. The molecule has 1 aliphatic carbocycles. The minimum Gasteiger partial charge on any atom is -0.396 e. The predicted molar refractivity (Wildman–Crippen MR) is 82.8 cm³/mol. The Labute approximate surface area is 125 Å². The maximum atomic E-state index is 9.35. The van der Waals surface area contributed by atoms with Crippen molar-refractivity contribution in [3.8, 4) is 0 Å². The van der Waals surface area contributed by atoms with Crippen LogP contribution < -0.4 is 5.32 Å². The van der Waals surface area contributed by atoms with E-state index >= 15 is 0 Å². The topological polar surface area (TPSA) is 50.1 Å². The van der Waals surface area contributed by atoms with Gasteiger partial charge in [-0.2, -0.15) is 5.10 Å². The van der Waals surface area contributed by atoms with Crippen molar-refractivity contribution in [3.63, 3.8) is 0 Å². The molecular formula is C17H23N3O. The van der Waals surface area contributed by atoms with Crippen LogP contribution in [0.15, 0.2) is 42.7 Å². The summed E-state index contributed by atoms with van der Waals surface area (Å²) in [5.74, 6) is 0.421. The van der Waals surface area contributed by atoms with Gasteiger partial charge < -0.3 is 10.4 Å². The smallest absolute Gasteiger partial charge is 0.0659 e. The minimum atomic E-state index is 0.297. The largest absolute Gasteiger partial charge is 0.396 e. The first-order chi connectivity index (χ1) is 10.3. The SMILES string of the molecule is OCC1CCCC1NCc1cnn(Cc2ccccc2)c1. The third-order valence-corrected chi connectivity index (χ3v) is 4.34. The molecule has 1 aromatic heterocycles. The van der Waals surface area contributed by atoms with Gasteiger partial charge in [-0.15, -0.1) is 0 Å². The summed E-state index contributed by atoms with van der Waals surface area (Å²) < 4.78 is 1.98. The minimum absolute atomic E-state index is 0.297. The zero-order chi connectivity index (χ0) is 14.5. The van der Waals surface area contributed by atoms with E-state index in [9.17, 15) is 5.11 Å². The van der Waals surface area contributed by atoms with Gasteiger partial charge in [-0.1, -0.05) is 36.8 Å². The third kappa shape index (κ3) is 3.71. The Hall–Kier alpha value is -1.65. The second-order valence-corrected chi connectivity index (χ2v) is 5.89. The molecule has 0 amide bonds. The fourth-order valence-electron chi connectivity index (χ4n) is 3.13. The highest BCUT2D eigenvalue weighted by Crippen LogP contribution is 2.25. The molecule has 2 N–H and O–H groups in total. The molecule has 1 fully saturated rings. The molecule has 0 saturated heterocycles. The average Bonchev–Trinajstić information content (AvgIpc) is 3.15. The molecule has 2 atom stereocenters. The zero-order valence-corrected chi connectivity index (χ0v) is 12.3. The van der Waals surface area contributed by atoms with Crippen LogP contribution in [0.25, 0.3) is 0 Å². The Morgan fingerprint density at radius 1 is 1.19 bits per heavy atom. The second kappa shape index (κ2) is 6.87. The fourth-order valence-corrected chi connectivity index (χ4v) is 3.13. The van der Waals surface area contributed by atoms with Crippen molar-refractivity contribution in [2.75, 3.05) is 6.61 Å². The van der Waals surface area contributed by atoms with Crippen molar-refractivity contribution in [2.24, 2.45) is 5.92 Å². The molecule has 21 heavy (non-hydrogen) atoms. The molecule has 2 aromatic rings. The highest BCUT2D eigenvalue weighted by atomic mass is 16.3. The van der Waals surface area contributed by atoms with Gasteiger partial charge in [0.25, 0.3) is 0 Å². The fraction of sp³-hybridized carbons (Fsp3) is 0.471. The monoisotopic (exact) mass is 285 g/mol. The van der Waals surface area contributed by atoms with Gasteiger partial charge in [0, 0.05) is 31.0 Å². The third-order valence-electron chi connectivity index (χ3n) is 4.34. The van der Waals surface area contributed by atoms with Crippen LogP contribution >= 0.6 is 0 Å². The van der Waals surface area contributed by atoms with Crippen molar-refractivity contribution in [1.29, 1.82) is 0 Å². The maximum Gasteiger partial charge on any atom is 0.0659 e. The quantitative estimate of drug-likeness (QED) is 0.855. The lowest BCUT2D eigenvalue weighted by molar-refractivity contribution is 0.205. The highest BCUT2D eigenvalue weighted by molar-refractivity contribution is 5.15. The van der Waals surface area contributed by atoms with Crippen LogP contribution in [-0.4, -0.2) is 27.5 Å². The Balaban J connectivity index is 1.53. The molecule has 1 saturated carbocycles. The van der Waals surface area contributed by atoms with Crippen molar-refractivity contribution in [1.82, 2.24) is 15.1 Å². The first-order valence-corrected chi connectivity index (χ1v) is 7.74. The highest BCUT2D eigenvalue weighted by Gasteiger charge is 2.25. The van der Waals surface area contributed by atoms with Crippen LogP contribution in [0.3, 0.4) is 0 Å². The lowest BCUT2D eigenvalue weighted by atomic mass is 10.1. The van der Waals surface area contributed by atoms with Gasteiger partial charge in [0.05, 0.1) is 12.7 Å². The Bertz CT molecular complexity index is 552. The summed E-state index contributed by atoms with van der Waals surface area (Å²) in [6.07, 6.45) is 7.56. The van der Waals surface area contributed by atoms with Crippen molar-refractivity contribution < 1.29 is 5.11 Å². The van der Waals surface area contributed by atoms with Gasteiger partial charge in [0.15, 0.2) is 0 Å². The number of hydrogen-bond acceptors (Lipinski definition) is 3. The van der Waals surface area contributed by atoms with E-state index in [4.69, 9.17) is 0 Å². The number of hydrogen-bond donors (Lipinski definition) is 2. The molecule has 4 heteroatoms. The number of aliphatic hydroxyl groups excluding tert-OH is 1. The van der Waals surface area contributed by atoms with E-state index in [0.29, 0.717) is 18.6 Å². The average molecular weight is 285 g/mol. The lowest BCUT2D eigenvalue weighted by Gasteiger charge is -2.18. The molecular weight excluding hydrogens is 262 g/mol. The molecule has 0 spiro atoms. The molecule has 1 aromatic carbocycles. The zero-order valence-electron chi connectivity index (χ0n) is 12.3. The Kier molecular flexibility index (Phi) is 4.68. The molecule has 2 unspecified atom stereocenters. The van der Waals surface area contributed by atoms with Crippen LogP contribution in [0.1, 0.15) is 30.4 Å².